The van der Waals surface area contributed by atoms with Crippen LogP contribution >= 0.6 is 0 Å². The summed E-state index contributed by atoms with van der Waals surface area (Å²) in [5, 5.41) is 2.13. The van der Waals surface area contributed by atoms with Crippen molar-refractivity contribution in [1.29, 1.82) is 0 Å². The van der Waals surface area contributed by atoms with Crippen LogP contribution in [0.4, 0.5) is 0 Å². The molecule has 1 fully saturated rings. The number of aromatic nitrogens is 3. The third-order valence-electron chi connectivity index (χ3n) is 6.39. The number of rotatable bonds is 4. The quantitative estimate of drug-likeness (QED) is 0.569. The first kappa shape index (κ1) is 19.9. The van der Waals surface area contributed by atoms with E-state index < -0.39 is 5.60 Å². The van der Waals surface area contributed by atoms with Crippen LogP contribution in [0.5, 0.6) is 5.88 Å². The van der Waals surface area contributed by atoms with E-state index in [0.717, 1.165) is 22.5 Å². The van der Waals surface area contributed by atoms with E-state index in [4.69, 9.17) is 14.5 Å². The Bertz CT molecular complexity index is 1170. The molecule has 0 saturated heterocycles. The monoisotopic (exact) mass is 417 g/mol. The van der Waals surface area contributed by atoms with Gasteiger partial charge in [-0.15, -0.1) is 0 Å². The number of carbonyl (C=O) groups excluding carboxylic acids is 1. The topological polar surface area (TPSA) is 74.2 Å². The van der Waals surface area contributed by atoms with Gasteiger partial charge in [-0.2, -0.15) is 0 Å². The second-order valence-electron chi connectivity index (χ2n) is 9.23. The lowest BCUT2D eigenvalue weighted by Crippen LogP contribution is -2.36. The van der Waals surface area contributed by atoms with Crippen LogP contribution in [0.2, 0.25) is 0 Å². The molecule has 2 aliphatic rings. The van der Waals surface area contributed by atoms with Crippen molar-refractivity contribution in [3.8, 4) is 5.88 Å². The number of hydrogen-bond acceptors (Lipinski definition) is 6. The molecule has 0 radical (unpaired) electrons. The second-order valence-corrected chi connectivity index (χ2v) is 9.23. The van der Waals surface area contributed by atoms with Crippen molar-refractivity contribution in [3.63, 3.8) is 0 Å². The maximum absolute atomic E-state index is 12.2. The van der Waals surface area contributed by atoms with Crippen LogP contribution in [0, 0.1) is 0 Å². The van der Waals surface area contributed by atoms with Crippen LogP contribution in [0.15, 0.2) is 30.6 Å². The highest BCUT2D eigenvalue weighted by Crippen LogP contribution is 2.39. The first-order valence-corrected chi connectivity index (χ1v) is 11.0. The Morgan fingerprint density at radius 3 is 2.68 bits per heavy atom. The first-order chi connectivity index (χ1) is 14.9. The fraction of sp³-hybridized carbons (Fsp3) is 0.440. The van der Waals surface area contributed by atoms with Crippen LogP contribution in [0.3, 0.4) is 0 Å². The smallest absolute Gasteiger partial charge is 0.340 e. The number of cyclic esters (lactones) is 1. The van der Waals surface area contributed by atoms with Gasteiger partial charge in [0.2, 0.25) is 5.88 Å². The molecule has 5 rings (SSSR count). The van der Waals surface area contributed by atoms with Gasteiger partial charge >= 0.3 is 5.97 Å². The predicted octanol–water partition coefficient (Wildman–Crippen LogP) is 4.77. The molecule has 0 bridgehead atoms. The molecule has 4 heterocycles. The number of carbonyl (C=O) groups is 1. The summed E-state index contributed by atoms with van der Waals surface area (Å²) in [5.74, 6) is 0.865. The molecule has 0 aromatic carbocycles. The van der Waals surface area contributed by atoms with E-state index in [2.05, 4.69) is 16.0 Å². The molecule has 0 spiro atoms. The normalized spacial score (nSPS) is 18.1. The molecular weight excluding hydrogens is 390 g/mol. The summed E-state index contributed by atoms with van der Waals surface area (Å²) < 4.78 is 11.0. The Labute approximate surface area is 182 Å². The van der Waals surface area contributed by atoms with E-state index in [1.807, 2.05) is 38.4 Å². The minimum absolute atomic E-state index is 0.296. The third-order valence-corrected chi connectivity index (χ3v) is 6.39. The number of fused-ring (bicyclic) bond motifs is 2. The first-order valence-electron chi connectivity index (χ1n) is 11.0. The number of ether oxygens (including phenoxy) is 2. The van der Waals surface area contributed by atoms with E-state index in [1.54, 1.807) is 7.11 Å². The lowest BCUT2D eigenvalue weighted by atomic mass is 9.94. The number of methoxy groups -OCH3 is 1. The standard InChI is InChI=1S/C25H27N3O3/c1-25(2)12-22-18(24(29)31-25)9-8-16(28-22)10-17-11-19-20(15-6-4-5-7-15)13-27-23(30-3)21(19)14-26-17/h8-9,11,13-15H,4-7,10,12H2,1-3H3. The summed E-state index contributed by atoms with van der Waals surface area (Å²) in [4.78, 5) is 26.3. The fourth-order valence-electron chi connectivity index (χ4n) is 4.89. The number of nitrogens with zero attached hydrogens (tertiary/aromatic N) is 3. The van der Waals surface area contributed by atoms with Crippen LogP contribution in [-0.2, 0) is 17.6 Å². The van der Waals surface area contributed by atoms with Crippen molar-refractivity contribution in [2.45, 2.75) is 63.9 Å². The summed E-state index contributed by atoms with van der Waals surface area (Å²) in [5.41, 5.74) is 3.98. The molecule has 160 valence electrons. The Morgan fingerprint density at radius 2 is 1.90 bits per heavy atom. The molecule has 0 unspecified atom stereocenters. The lowest BCUT2D eigenvalue weighted by molar-refractivity contribution is -0.00720. The molecule has 0 atom stereocenters. The van der Waals surface area contributed by atoms with Crippen LogP contribution in [0.1, 0.15) is 78.5 Å². The summed E-state index contributed by atoms with van der Waals surface area (Å²) >= 11 is 0. The SMILES string of the molecule is COc1ncc(C2CCCC2)c2cc(Cc3ccc4c(n3)CC(C)(C)OC4=O)ncc12. The second kappa shape index (κ2) is 7.59. The van der Waals surface area contributed by atoms with Gasteiger partial charge in [0.05, 0.1) is 23.8 Å². The van der Waals surface area contributed by atoms with Crippen LogP contribution in [-0.4, -0.2) is 33.6 Å². The molecule has 6 heteroatoms. The number of hydrogen-bond donors (Lipinski definition) is 0. The summed E-state index contributed by atoms with van der Waals surface area (Å²) in [7, 11) is 1.65. The highest BCUT2D eigenvalue weighted by atomic mass is 16.6. The van der Waals surface area contributed by atoms with Crippen molar-refractivity contribution in [1.82, 2.24) is 15.0 Å². The van der Waals surface area contributed by atoms with Crippen LogP contribution in [0.25, 0.3) is 10.8 Å². The van der Waals surface area contributed by atoms with Crippen molar-refractivity contribution in [2.75, 3.05) is 7.11 Å². The zero-order chi connectivity index (χ0) is 21.6. The summed E-state index contributed by atoms with van der Waals surface area (Å²) in [6, 6.07) is 5.88. The van der Waals surface area contributed by atoms with E-state index in [1.165, 1.54) is 36.6 Å². The van der Waals surface area contributed by atoms with Crippen molar-refractivity contribution >= 4 is 16.7 Å². The third kappa shape index (κ3) is 3.75. The molecule has 1 aliphatic carbocycles. The fourth-order valence-corrected chi connectivity index (χ4v) is 4.89. The number of esters is 1. The van der Waals surface area contributed by atoms with E-state index >= 15 is 0 Å². The highest BCUT2D eigenvalue weighted by Gasteiger charge is 2.33. The van der Waals surface area contributed by atoms with Gasteiger partial charge < -0.3 is 9.47 Å². The van der Waals surface area contributed by atoms with Gasteiger partial charge in [0, 0.05) is 36.6 Å². The van der Waals surface area contributed by atoms with E-state index in [-0.39, 0.29) is 5.97 Å². The van der Waals surface area contributed by atoms with Crippen LogP contribution < -0.4 is 4.74 Å². The van der Waals surface area contributed by atoms with Gasteiger partial charge in [0.15, 0.2) is 0 Å². The lowest BCUT2D eigenvalue weighted by Gasteiger charge is -2.30. The van der Waals surface area contributed by atoms with E-state index in [0.29, 0.717) is 30.2 Å². The zero-order valence-electron chi connectivity index (χ0n) is 18.3. The Morgan fingerprint density at radius 1 is 1.10 bits per heavy atom. The highest BCUT2D eigenvalue weighted by molar-refractivity contribution is 5.92. The molecule has 0 N–H and O–H groups in total. The zero-order valence-corrected chi connectivity index (χ0v) is 18.3. The molecule has 3 aromatic heterocycles. The Kier molecular flexibility index (Phi) is 4.88. The molecule has 6 nitrogen and oxygen atoms in total. The van der Waals surface area contributed by atoms with Crippen molar-refractivity contribution < 1.29 is 14.3 Å². The predicted molar refractivity (Wildman–Crippen MR) is 118 cm³/mol. The van der Waals surface area contributed by atoms with Gasteiger partial charge in [0.25, 0.3) is 0 Å². The van der Waals surface area contributed by atoms with Gasteiger partial charge in [-0.25, -0.2) is 9.78 Å². The van der Waals surface area contributed by atoms with Crippen molar-refractivity contribution in [3.05, 3.63) is 58.8 Å². The van der Waals surface area contributed by atoms with Gasteiger partial charge in [-0.3, -0.25) is 9.97 Å². The van der Waals surface area contributed by atoms with Gasteiger partial charge in [-0.1, -0.05) is 12.8 Å². The Balaban J connectivity index is 1.51. The molecular formula is C25H27N3O3. The molecule has 31 heavy (non-hydrogen) atoms. The summed E-state index contributed by atoms with van der Waals surface area (Å²) in [6.07, 6.45) is 10.0. The average molecular weight is 418 g/mol. The molecule has 0 amide bonds. The Hall–Kier alpha value is -3.02. The van der Waals surface area contributed by atoms with Gasteiger partial charge in [0.1, 0.15) is 5.60 Å². The largest absolute Gasteiger partial charge is 0.481 e. The molecule has 1 aliphatic heterocycles. The minimum Gasteiger partial charge on any atom is -0.481 e. The number of pyridine rings is 3. The maximum Gasteiger partial charge on any atom is 0.340 e. The van der Waals surface area contributed by atoms with Crippen molar-refractivity contribution in [2.24, 2.45) is 0 Å². The molecule has 1 saturated carbocycles. The van der Waals surface area contributed by atoms with E-state index in [9.17, 15) is 4.79 Å². The average Bonchev–Trinajstić information content (AvgIpc) is 3.26. The summed E-state index contributed by atoms with van der Waals surface area (Å²) in [6.45, 7) is 3.83. The van der Waals surface area contributed by atoms with Gasteiger partial charge in [-0.05, 0) is 61.8 Å². The minimum atomic E-state index is -0.531. The maximum atomic E-state index is 12.2. The molecule has 3 aromatic rings.